The first-order valence-electron chi connectivity index (χ1n) is 5.47. The van der Waals surface area contributed by atoms with Gasteiger partial charge in [0.15, 0.2) is 0 Å². The molecule has 2 atom stereocenters. The molecule has 0 aromatic rings. The van der Waals surface area contributed by atoms with Crippen LogP contribution in [-0.2, 0) is 4.74 Å². The minimum absolute atomic E-state index is 0.178. The Morgan fingerprint density at radius 3 is 2.57 bits per heavy atom. The van der Waals surface area contributed by atoms with Gasteiger partial charge < -0.3 is 10.1 Å². The van der Waals surface area contributed by atoms with Crippen LogP contribution in [0.3, 0.4) is 0 Å². The van der Waals surface area contributed by atoms with Gasteiger partial charge in [0.25, 0.3) is 0 Å². The molecule has 0 radical (unpaired) electrons. The van der Waals surface area contributed by atoms with Crippen LogP contribution in [0.5, 0.6) is 0 Å². The lowest BCUT2D eigenvalue weighted by molar-refractivity contribution is 0.0754. The van der Waals surface area contributed by atoms with Crippen LogP contribution in [0.2, 0.25) is 0 Å². The summed E-state index contributed by atoms with van der Waals surface area (Å²) in [5.41, 5.74) is 0.178. The van der Waals surface area contributed by atoms with Crippen molar-refractivity contribution in [2.24, 2.45) is 0 Å². The number of likely N-dealkylation sites (N-methyl/N-ethyl adjacent to an activating group) is 2. The Morgan fingerprint density at radius 1 is 1.50 bits per heavy atom. The van der Waals surface area contributed by atoms with Crippen molar-refractivity contribution < 1.29 is 4.74 Å². The normalized spacial score (nSPS) is 28.7. The molecule has 1 aliphatic heterocycles. The third-order valence-corrected chi connectivity index (χ3v) is 3.22. The quantitative estimate of drug-likeness (QED) is 0.735. The van der Waals surface area contributed by atoms with Gasteiger partial charge in [0.1, 0.15) is 0 Å². The highest BCUT2D eigenvalue weighted by atomic mass is 16.5. The molecule has 0 spiro atoms. The Balaban J connectivity index is 2.45. The van der Waals surface area contributed by atoms with Gasteiger partial charge in [0.05, 0.1) is 6.10 Å². The fraction of sp³-hybridized carbons (Fsp3) is 1.00. The topological polar surface area (TPSA) is 24.5 Å². The molecule has 0 aliphatic carbocycles. The number of ether oxygens (including phenoxy) is 1. The minimum atomic E-state index is 0.178. The maximum atomic E-state index is 5.57. The van der Waals surface area contributed by atoms with E-state index in [1.165, 1.54) is 0 Å². The maximum Gasteiger partial charge on any atom is 0.0702 e. The second-order valence-electron chi connectivity index (χ2n) is 4.98. The van der Waals surface area contributed by atoms with Gasteiger partial charge in [-0.15, -0.1) is 0 Å². The standard InChI is InChI=1S/C11H24N2O/c1-9-10(6-7-14-9)13(5)8-11(2,3)12-4/h9-10,12H,6-8H2,1-5H3. The van der Waals surface area contributed by atoms with Crippen molar-refractivity contribution in [2.75, 3.05) is 27.2 Å². The Morgan fingerprint density at radius 2 is 2.14 bits per heavy atom. The highest BCUT2D eigenvalue weighted by Crippen LogP contribution is 2.19. The van der Waals surface area contributed by atoms with Gasteiger partial charge in [-0.25, -0.2) is 0 Å². The zero-order valence-corrected chi connectivity index (χ0v) is 10.1. The molecule has 0 saturated carbocycles. The van der Waals surface area contributed by atoms with Crippen LogP contribution >= 0.6 is 0 Å². The van der Waals surface area contributed by atoms with E-state index in [2.05, 4.69) is 38.0 Å². The molecule has 3 heteroatoms. The Hall–Kier alpha value is -0.120. The largest absolute Gasteiger partial charge is 0.377 e. The van der Waals surface area contributed by atoms with E-state index >= 15 is 0 Å². The van der Waals surface area contributed by atoms with Crippen LogP contribution in [0.25, 0.3) is 0 Å². The average molecular weight is 200 g/mol. The lowest BCUT2D eigenvalue weighted by atomic mass is 10.0. The van der Waals surface area contributed by atoms with Crippen molar-refractivity contribution in [3.63, 3.8) is 0 Å². The minimum Gasteiger partial charge on any atom is -0.377 e. The summed E-state index contributed by atoms with van der Waals surface area (Å²) in [7, 11) is 4.21. The van der Waals surface area contributed by atoms with E-state index < -0.39 is 0 Å². The SMILES string of the molecule is CNC(C)(C)CN(C)C1CCOC1C. The fourth-order valence-corrected chi connectivity index (χ4v) is 2.12. The molecular formula is C11H24N2O. The Kier molecular flexibility index (Phi) is 3.93. The summed E-state index contributed by atoms with van der Waals surface area (Å²) in [5, 5.41) is 3.33. The average Bonchev–Trinajstić information content (AvgIpc) is 2.51. The van der Waals surface area contributed by atoms with Crippen LogP contribution < -0.4 is 5.32 Å². The molecule has 0 aromatic carbocycles. The maximum absolute atomic E-state index is 5.57. The smallest absolute Gasteiger partial charge is 0.0702 e. The van der Waals surface area contributed by atoms with E-state index in [9.17, 15) is 0 Å². The van der Waals surface area contributed by atoms with Gasteiger partial charge in [0.2, 0.25) is 0 Å². The summed E-state index contributed by atoms with van der Waals surface area (Å²) in [4.78, 5) is 2.41. The van der Waals surface area contributed by atoms with Gasteiger partial charge in [-0.2, -0.15) is 0 Å². The predicted molar refractivity (Wildman–Crippen MR) is 59.6 cm³/mol. The third-order valence-electron chi connectivity index (χ3n) is 3.22. The van der Waals surface area contributed by atoms with Crippen molar-refractivity contribution in [3.8, 4) is 0 Å². The Labute approximate surface area is 87.8 Å². The van der Waals surface area contributed by atoms with E-state index in [1.54, 1.807) is 0 Å². The molecule has 84 valence electrons. The molecule has 3 nitrogen and oxygen atoms in total. The Bertz CT molecular complexity index is 182. The fourth-order valence-electron chi connectivity index (χ4n) is 2.12. The van der Waals surface area contributed by atoms with Crippen molar-refractivity contribution in [1.82, 2.24) is 10.2 Å². The third kappa shape index (κ3) is 2.94. The van der Waals surface area contributed by atoms with Crippen LogP contribution in [0.1, 0.15) is 27.2 Å². The van der Waals surface area contributed by atoms with Gasteiger partial charge in [-0.3, -0.25) is 4.90 Å². The first-order valence-corrected chi connectivity index (χ1v) is 5.47. The second kappa shape index (κ2) is 4.60. The zero-order chi connectivity index (χ0) is 10.8. The first kappa shape index (κ1) is 12.0. The van der Waals surface area contributed by atoms with E-state index in [1.807, 2.05) is 7.05 Å². The molecule has 1 saturated heterocycles. The molecular weight excluding hydrogens is 176 g/mol. The van der Waals surface area contributed by atoms with Crippen LogP contribution in [0.15, 0.2) is 0 Å². The van der Waals surface area contributed by atoms with E-state index in [0.29, 0.717) is 12.1 Å². The van der Waals surface area contributed by atoms with Gasteiger partial charge >= 0.3 is 0 Å². The highest BCUT2D eigenvalue weighted by Gasteiger charge is 2.30. The number of hydrogen-bond acceptors (Lipinski definition) is 3. The van der Waals surface area contributed by atoms with Gasteiger partial charge in [0, 0.05) is 24.7 Å². The summed E-state index contributed by atoms with van der Waals surface area (Å²) < 4.78 is 5.57. The molecule has 1 fully saturated rings. The van der Waals surface area contributed by atoms with Crippen LogP contribution in [0, 0.1) is 0 Å². The van der Waals surface area contributed by atoms with Crippen molar-refractivity contribution >= 4 is 0 Å². The molecule has 0 amide bonds. The summed E-state index contributed by atoms with van der Waals surface area (Å²) in [6, 6.07) is 0.586. The van der Waals surface area contributed by atoms with Crippen molar-refractivity contribution in [3.05, 3.63) is 0 Å². The summed E-state index contributed by atoms with van der Waals surface area (Å²) in [6.07, 6.45) is 1.55. The monoisotopic (exact) mass is 200 g/mol. The molecule has 0 bridgehead atoms. The lowest BCUT2D eigenvalue weighted by Crippen LogP contribution is -2.50. The number of nitrogens with zero attached hydrogens (tertiary/aromatic N) is 1. The predicted octanol–water partition coefficient (Wildman–Crippen LogP) is 1.09. The van der Waals surface area contributed by atoms with E-state index in [4.69, 9.17) is 4.74 Å². The van der Waals surface area contributed by atoms with E-state index in [0.717, 1.165) is 19.6 Å². The molecule has 0 aromatic heterocycles. The number of hydrogen-bond donors (Lipinski definition) is 1. The number of rotatable bonds is 4. The summed E-state index contributed by atoms with van der Waals surface area (Å²) in [5.74, 6) is 0. The molecule has 1 heterocycles. The molecule has 14 heavy (non-hydrogen) atoms. The molecule has 2 unspecified atom stereocenters. The molecule has 1 rings (SSSR count). The van der Waals surface area contributed by atoms with Crippen molar-refractivity contribution in [1.29, 1.82) is 0 Å². The van der Waals surface area contributed by atoms with Gasteiger partial charge in [-0.05, 0) is 41.3 Å². The summed E-state index contributed by atoms with van der Waals surface area (Å²) in [6.45, 7) is 8.59. The van der Waals surface area contributed by atoms with Crippen LogP contribution in [0.4, 0.5) is 0 Å². The van der Waals surface area contributed by atoms with Crippen molar-refractivity contribution in [2.45, 2.75) is 44.9 Å². The van der Waals surface area contributed by atoms with E-state index in [-0.39, 0.29) is 5.54 Å². The highest BCUT2D eigenvalue weighted by molar-refractivity contribution is 4.86. The van der Waals surface area contributed by atoms with Gasteiger partial charge in [-0.1, -0.05) is 0 Å². The zero-order valence-electron chi connectivity index (χ0n) is 10.1. The van der Waals surface area contributed by atoms with Crippen LogP contribution in [-0.4, -0.2) is 49.8 Å². The molecule has 1 aliphatic rings. The molecule has 1 N–H and O–H groups in total. The summed E-state index contributed by atoms with van der Waals surface area (Å²) >= 11 is 0. The lowest BCUT2D eigenvalue weighted by Gasteiger charge is -2.34. The first-order chi connectivity index (χ1) is 6.46. The second-order valence-corrected chi connectivity index (χ2v) is 4.98. The number of nitrogens with one attached hydrogen (secondary N) is 1.